The van der Waals surface area contributed by atoms with E-state index in [9.17, 15) is 4.79 Å². The first kappa shape index (κ1) is 16.1. The zero-order valence-electron chi connectivity index (χ0n) is 13.9. The molecule has 2 aliphatic rings. The quantitative estimate of drug-likeness (QED) is 0.798. The fourth-order valence-electron chi connectivity index (χ4n) is 3.06. The first-order chi connectivity index (χ1) is 11.1. The number of fused-ring (bicyclic) bond motifs is 1. The van der Waals surface area contributed by atoms with Crippen LogP contribution in [0.1, 0.15) is 26.7 Å². The van der Waals surface area contributed by atoms with Gasteiger partial charge in [0.2, 0.25) is 6.10 Å². The van der Waals surface area contributed by atoms with E-state index in [0.29, 0.717) is 11.5 Å². The number of hydrogen-bond acceptors (Lipinski definition) is 5. The molecule has 0 amide bonds. The van der Waals surface area contributed by atoms with E-state index in [0.717, 1.165) is 25.6 Å². The van der Waals surface area contributed by atoms with Crippen LogP contribution in [0.5, 0.6) is 11.5 Å². The van der Waals surface area contributed by atoms with E-state index in [2.05, 4.69) is 11.8 Å². The summed E-state index contributed by atoms with van der Waals surface area (Å²) in [5.41, 5.74) is 0. The number of hydrogen-bond donors (Lipinski definition) is 0. The lowest BCUT2D eigenvalue weighted by Gasteiger charge is -2.32. The van der Waals surface area contributed by atoms with Gasteiger partial charge in [0.05, 0.1) is 0 Å². The molecule has 5 nitrogen and oxygen atoms in total. The Bertz CT molecular complexity index is 540. The second kappa shape index (κ2) is 7.21. The first-order valence-electron chi connectivity index (χ1n) is 8.43. The minimum absolute atomic E-state index is 0.142. The molecule has 0 radical (unpaired) electrons. The van der Waals surface area contributed by atoms with Crippen LogP contribution in [-0.4, -0.2) is 49.3 Å². The zero-order chi connectivity index (χ0) is 16.2. The summed E-state index contributed by atoms with van der Waals surface area (Å²) in [5.74, 6) is 1.72. The standard InChI is InChI=1S/C18H25NO4/c1-13-7-9-19(10-8-13)11-14(2)22-18(20)17-12-21-15-5-3-4-6-16(15)23-17/h3-6,13-14,17H,7-12H2,1-2H3/t14-,17-/m0/s1. The smallest absolute Gasteiger partial charge is 0.351 e. The van der Waals surface area contributed by atoms with E-state index in [1.54, 1.807) is 6.07 Å². The van der Waals surface area contributed by atoms with E-state index in [-0.39, 0.29) is 18.7 Å². The van der Waals surface area contributed by atoms with Crippen molar-refractivity contribution in [2.45, 2.75) is 38.9 Å². The minimum Gasteiger partial charge on any atom is -0.485 e. The van der Waals surface area contributed by atoms with Gasteiger partial charge in [0.25, 0.3) is 0 Å². The Labute approximate surface area is 137 Å². The van der Waals surface area contributed by atoms with Crippen molar-refractivity contribution >= 4 is 5.97 Å². The summed E-state index contributed by atoms with van der Waals surface area (Å²) in [6, 6.07) is 7.36. The molecule has 0 aliphatic carbocycles. The Kier molecular flexibility index (Phi) is 5.06. The highest BCUT2D eigenvalue weighted by Crippen LogP contribution is 2.31. The molecule has 126 valence electrons. The predicted molar refractivity (Wildman–Crippen MR) is 86.7 cm³/mol. The topological polar surface area (TPSA) is 48.0 Å². The van der Waals surface area contributed by atoms with Crippen LogP contribution in [0.15, 0.2) is 24.3 Å². The molecule has 5 heteroatoms. The molecule has 23 heavy (non-hydrogen) atoms. The molecule has 0 bridgehead atoms. The number of nitrogens with zero attached hydrogens (tertiary/aromatic N) is 1. The van der Waals surface area contributed by atoms with Crippen LogP contribution in [0.4, 0.5) is 0 Å². The number of esters is 1. The average Bonchev–Trinajstić information content (AvgIpc) is 2.56. The number of rotatable bonds is 4. The van der Waals surface area contributed by atoms with Crippen molar-refractivity contribution in [3.8, 4) is 11.5 Å². The highest BCUT2D eigenvalue weighted by Gasteiger charge is 2.30. The van der Waals surface area contributed by atoms with Gasteiger partial charge in [-0.1, -0.05) is 19.1 Å². The molecule has 0 N–H and O–H groups in total. The summed E-state index contributed by atoms with van der Waals surface area (Å²) in [4.78, 5) is 14.6. The number of likely N-dealkylation sites (tertiary alicyclic amines) is 1. The lowest BCUT2D eigenvalue weighted by atomic mass is 9.99. The van der Waals surface area contributed by atoms with E-state index >= 15 is 0 Å². The fraction of sp³-hybridized carbons (Fsp3) is 0.611. The van der Waals surface area contributed by atoms with Crippen LogP contribution in [0, 0.1) is 5.92 Å². The summed E-state index contributed by atoms with van der Waals surface area (Å²) in [6.07, 6.45) is 1.61. The molecule has 2 heterocycles. The molecular formula is C18H25NO4. The van der Waals surface area contributed by atoms with Gasteiger partial charge in [-0.2, -0.15) is 0 Å². The zero-order valence-corrected chi connectivity index (χ0v) is 13.9. The van der Waals surface area contributed by atoms with Crippen LogP contribution < -0.4 is 9.47 Å². The van der Waals surface area contributed by atoms with Crippen molar-refractivity contribution in [1.29, 1.82) is 0 Å². The summed E-state index contributed by atoms with van der Waals surface area (Å²) < 4.78 is 16.8. The van der Waals surface area contributed by atoms with Crippen molar-refractivity contribution in [3.63, 3.8) is 0 Å². The van der Waals surface area contributed by atoms with Crippen molar-refractivity contribution in [1.82, 2.24) is 4.90 Å². The Morgan fingerprint density at radius 2 is 2.00 bits per heavy atom. The van der Waals surface area contributed by atoms with Crippen LogP contribution in [0.3, 0.4) is 0 Å². The Morgan fingerprint density at radius 1 is 1.30 bits per heavy atom. The molecule has 1 aromatic rings. The van der Waals surface area contributed by atoms with Crippen LogP contribution >= 0.6 is 0 Å². The average molecular weight is 319 g/mol. The lowest BCUT2D eigenvalue weighted by Crippen LogP contribution is -2.43. The van der Waals surface area contributed by atoms with Gasteiger partial charge < -0.3 is 14.2 Å². The van der Waals surface area contributed by atoms with E-state index < -0.39 is 6.10 Å². The van der Waals surface area contributed by atoms with Crippen molar-refractivity contribution in [2.75, 3.05) is 26.2 Å². The highest BCUT2D eigenvalue weighted by atomic mass is 16.6. The molecule has 0 saturated carbocycles. The van der Waals surface area contributed by atoms with Gasteiger partial charge in [0.15, 0.2) is 11.5 Å². The number of ether oxygens (including phenoxy) is 3. The van der Waals surface area contributed by atoms with Gasteiger partial charge in [-0.05, 0) is 50.9 Å². The second-order valence-electron chi connectivity index (χ2n) is 6.59. The number of carbonyl (C=O) groups excluding carboxylic acids is 1. The number of benzene rings is 1. The van der Waals surface area contributed by atoms with Crippen molar-refractivity contribution in [3.05, 3.63) is 24.3 Å². The molecular weight excluding hydrogens is 294 g/mol. The normalized spacial score (nSPS) is 23.3. The van der Waals surface area contributed by atoms with Gasteiger partial charge in [-0.25, -0.2) is 4.79 Å². The van der Waals surface area contributed by atoms with Gasteiger partial charge in [0.1, 0.15) is 12.7 Å². The van der Waals surface area contributed by atoms with E-state index in [1.165, 1.54) is 12.8 Å². The summed E-state index contributed by atoms with van der Waals surface area (Å²) in [5, 5.41) is 0. The SMILES string of the molecule is CC1CCN(C[C@H](C)OC(=O)[C@@H]2COc3ccccc3O2)CC1. The van der Waals surface area contributed by atoms with Crippen LogP contribution in [-0.2, 0) is 9.53 Å². The number of piperidine rings is 1. The monoisotopic (exact) mass is 319 g/mol. The molecule has 2 aliphatic heterocycles. The third kappa shape index (κ3) is 4.16. The maximum atomic E-state index is 12.3. The Balaban J connectivity index is 1.47. The van der Waals surface area contributed by atoms with Gasteiger partial charge in [-0.3, -0.25) is 4.90 Å². The van der Waals surface area contributed by atoms with Crippen LogP contribution in [0.25, 0.3) is 0 Å². The lowest BCUT2D eigenvalue weighted by molar-refractivity contribution is -0.160. The predicted octanol–water partition coefficient (Wildman–Crippen LogP) is 2.49. The molecule has 1 fully saturated rings. The largest absolute Gasteiger partial charge is 0.485 e. The summed E-state index contributed by atoms with van der Waals surface area (Å²) in [7, 11) is 0. The summed E-state index contributed by atoms with van der Waals surface area (Å²) in [6.45, 7) is 7.37. The molecule has 2 atom stereocenters. The molecule has 1 aromatic carbocycles. The molecule has 0 spiro atoms. The number of carbonyl (C=O) groups is 1. The highest BCUT2D eigenvalue weighted by molar-refractivity contribution is 5.76. The molecule has 3 rings (SSSR count). The Morgan fingerprint density at radius 3 is 2.74 bits per heavy atom. The molecule has 1 saturated heterocycles. The van der Waals surface area contributed by atoms with Gasteiger partial charge >= 0.3 is 5.97 Å². The van der Waals surface area contributed by atoms with Crippen LogP contribution in [0.2, 0.25) is 0 Å². The first-order valence-corrected chi connectivity index (χ1v) is 8.43. The van der Waals surface area contributed by atoms with E-state index in [1.807, 2.05) is 25.1 Å². The van der Waals surface area contributed by atoms with E-state index in [4.69, 9.17) is 14.2 Å². The third-order valence-electron chi connectivity index (χ3n) is 4.48. The second-order valence-corrected chi connectivity index (χ2v) is 6.59. The van der Waals surface area contributed by atoms with Gasteiger partial charge in [-0.15, -0.1) is 0 Å². The fourth-order valence-corrected chi connectivity index (χ4v) is 3.06. The van der Waals surface area contributed by atoms with Crippen molar-refractivity contribution < 1.29 is 19.0 Å². The molecule has 0 unspecified atom stereocenters. The third-order valence-corrected chi connectivity index (χ3v) is 4.48. The molecule has 0 aromatic heterocycles. The summed E-state index contributed by atoms with van der Waals surface area (Å²) >= 11 is 0. The Hall–Kier alpha value is -1.75. The maximum Gasteiger partial charge on any atom is 0.351 e. The van der Waals surface area contributed by atoms with Crippen molar-refractivity contribution in [2.24, 2.45) is 5.92 Å². The van der Waals surface area contributed by atoms with Gasteiger partial charge in [0, 0.05) is 6.54 Å². The minimum atomic E-state index is -0.686. The number of para-hydroxylation sites is 2. The maximum absolute atomic E-state index is 12.3.